The summed E-state index contributed by atoms with van der Waals surface area (Å²) < 4.78 is 10.1. The third kappa shape index (κ3) is 6.16. The molecule has 3 N–H and O–H groups in total. The lowest BCUT2D eigenvalue weighted by molar-refractivity contribution is -0.118. The Kier molecular flexibility index (Phi) is 6.99. The van der Waals surface area contributed by atoms with Crippen LogP contribution in [0.1, 0.15) is 5.56 Å². The highest BCUT2D eigenvalue weighted by molar-refractivity contribution is 5.93. The number of anilines is 2. The molecule has 0 bridgehead atoms. The van der Waals surface area contributed by atoms with Gasteiger partial charge in [0.25, 0.3) is 0 Å². The quantitative estimate of drug-likeness (QED) is 0.380. The van der Waals surface area contributed by atoms with Gasteiger partial charge in [-0.2, -0.15) is 0 Å². The number of carbonyl (C=O) groups excluding carboxylic acids is 3. The van der Waals surface area contributed by atoms with E-state index in [0.29, 0.717) is 17.8 Å². The minimum absolute atomic E-state index is 0.0361. The predicted molar refractivity (Wildman–Crippen MR) is 95.9 cm³/mol. The van der Waals surface area contributed by atoms with Crippen molar-refractivity contribution in [3.05, 3.63) is 54.1 Å². The molecule has 0 spiro atoms. The topological polar surface area (TPSA) is 106 Å². The zero-order chi connectivity index (χ0) is 18.8. The van der Waals surface area contributed by atoms with Crippen LogP contribution >= 0.6 is 0 Å². The zero-order valence-electron chi connectivity index (χ0n) is 14.2. The first kappa shape index (κ1) is 18.8. The molecule has 2 aromatic carbocycles. The van der Waals surface area contributed by atoms with Crippen molar-refractivity contribution < 1.29 is 23.9 Å². The molecule has 8 nitrogen and oxygen atoms in total. The Morgan fingerprint density at radius 3 is 2.27 bits per heavy atom. The highest BCUT2D eigenvalue weighted by atomic mass is 16.7. The molecular formula is C18H19N3O5. The molecule has 0 radical (unpaired) electrons. The fourth-order valence-corrected chi connectivity index (χ4v) is 1.98. The summed E-state index contributed by atoms with van der Waals surface area (Å²) in [5.41, 5.74) is 2.20. The van der Waals surface area contributed by atoms with Crippen LogP contribution in [0.2, 0.25) is 0 Å². The minimum atomic E-state index is -0.806. The molecule has 0 atom stereocenters. The maximum absolute atomic E-state index is 11.7. The number of benzene rings is 2. The molecule has 0 aliphatic rings. The van der Waals surface area contributed by atoms with Crippen molar-refractivity contribution in [1.29, 1.82) is 0 Å². The van der Waals surface area contributed by atoms with Crippen molar-refractivity contribution in [3.63, 3.8) is 0 Å². The highest BCUT2D eigenvalue weighted by Gasteiger charge is 2.07. The van der Waals surface area contributed by atoms with Crippen LogP contribution in [0.3, 0.4) is 0 Å². The van der Waals surface area contributed by atoms with Crippen molar-refractivity contribution >= 4 is 29.8 Å². The first-order valence-electron chi connectivity index (χ1n) is 7.79. The van der Waals surface area contributed by atoms with E-state index in [9.17, 15) is 14.4 Å². The Labute approximate surface area is 150 Å². The molecule has 2 aromatic rings. The lowest BCUT2D eigenvalue weighted by atomic mass is 10.2. The molecule has 0 aliphatic heterocycles. The van der Waals surface area contributed by atoms with Gasteiger partial charge >= 0.3 is 6.16 Å². The molecule has 8 heteroatoms. The molecule has 0 heterocycles. The van der Waals surface area contributed by atoms with Crippen LogP contribution < -0.4 is 20.7 Å². The van der Waals surface area contributed by atoms with Gasteiger partial charge in [0.05, 0.1) is 6.54 Å². The number of rotatable bonds is 8. The number of carbonyl (C=O) groups is 3. The number of hydrogen-bond acceptors (Lipinski definition) is 6. The fourth-order valence-electron chi connectivity index (χ4n) is 1.98. The van der Waals surface area contributed by atoms with E-state index in [1.54, 1.807) is 55.6 Å². The van der Waals surface area contributed by atoms with Crippen molar-refractivity contribution in [3.8, 4) is 5.75 Å². The van der Waals surface area contributed by atoms with Crippen molar-refractivity contribution in [2.45, 2.75) is 6.61 Å². The molecule has 0 saturated carbocycles. The normalized spacial score (nSPS) is 9.73. The summed E-state index contributed by atoms with van der Waals surface area (Å²) in [6.07, 6.45) is -0.353. The van der Waals surface area contributed by atoms with Gasteiger partial charge in [-0.3, -0.25) is 9.59 Å². The Bertz CT molecular complexity index is 744. The molecule has 0 unspecified atom stereocenters. The molecule has 0 fully saturated rings. The van der Waals surface area contributed by atoms with Gasteiger partial charge in [-0.15, -0.1) is 0 Å². The van der Waals surface area contributed by atoms with Gasteiger partial charge in [0, 0.05) is 18.4 Å². The van der Waals surface area contributed by atoms with E-state index in [2.05, 4.69) is 16.0 Å². The van der Waals surface area contributed by atoms with Crippen LogP contribution in [0.5, 0.6) is 5.75 Å². The van der Waals surface area contributed by atoms with Crippen LogP contribution in [0.25, 0.3) is 0 Å². The Morgan fingerprint density at radius 2 is 1.65 bits per heavy atom. The van der Waals surface area contributed by atoms with E-state index < -0.39 is 6.16 Å². The number of ether oxygens (including phenoxy) is 2. The summed E-state index contributed by atoms with van der Waals surface area (Å²) in [5, 5.41) is 7.85. The molecular weight excluding hydrogens is 338 g/mol. The Morgan fingerprint density at radius 1 is 1.00 bits per heavy atom. The van der Waals surface area contributed by atoms with Crippen LogP contribution in [0, 0.1) is 0 Å². The average Bonchev–Trinajstić information content (AvgIpc) is 2.66. The number of hydrogen-bond donors (Lipinski definition) is 3. The third-order valence-electron chi connectivity index (χ3n) is 3.28. The molecule has 0 aliphatic carbocycles. The molecule has 2 rings (SSSR count). The van der Waals surface area contributed by atoms with Crippen molar-refractivity contribution in [2.24, 2.45) is 0 Å². The highest BCUT2D eigenvalue weighted by Crippen LogP contribution is 2.16. The maximum Gasteiger partial charge on any atom is 0.514 e. The largest absolute Gasteiger partial charge is 0.514 e. The van der Waals surface area contributed by atoms with Gasteiger partial charge in [-0.05, 0) is 42.0 Å². The standard InChI is InChI=1S/C18H19N3O5/c1-19-14-6-8-16(9-7-14)26-18(24)25-11-13-2-4-15(5-3-13)21-17(23)10-20-12-22/h2-9,12,19H,10-11H2,1H3,(H,20,22)(H,21,23). The van der Waals surface area contributed by atoms with Crippen LogP contribution in [0.4, 0.5) is 16.2 Å². The van der Waals surface area contributed by atoms with E-state index in [0.717, 1.165) is 11.3 Å². The number of amides is 2. The molecule has 136 valence electrons. The average molecular weight is 357 g/mol. The van der Waals surface area contributed by atoms with Gasteiger partial charge in [0.15, 0.2) is 0 Å². The van der Waals surface area contributed by atoms with Gasteiger partial charge in [0.2, 0.25) is 12.3 Å². The molecule has 0 saturated heterocycles. The summed E-state index contributed by atoms with van der Waals surface area (Å²) in [6.45, 7) is -0.0656. The monoisotopic (exact) mass is 357 g/mol. The summed E-state index contributed by atoms with van der Waals surface area (Å²) in [5.74, 6) is 0.0463. The smallest absolute Gasteiger partial charge is 0.429 e. The molecule has 26 heavy (non-hydrogen) atoms. The van der Waals surface area contributed by atoms with Gasteiger partial charge in [0.1, 0.15) is 12.4 Å². The molecule has 0 aromatic heterocycles. The lowest BCUT2D eigenvalue weighted by Crippen LogP contribution is -2.26. The van der Waals surface area contributed by atoms with Gasteiger partial charge in [-0.1, -0.05) is 12.1 Å². The summed E-state index contributed by atoms with van der Waals surface area (Å²) >= 11 is 0. The second-order valence-electron chi connectivity index (χ2n) is 5.16. The zero-order valence-corrected chi connectivity index (χ0v) is 14.2. The Balaban J connectivity index is 1.78. The first-order chi connectivity index (χ1) is 12.6. The van der Waals surface area contributed by atoms with Crippen LogP contribution in [-0.2, 0) is 20.9 Å². The molecule has 2 amide bonds. The van der Waals surface area contributed by atoms with Crippen LogP contribution in [0.15, 0.2) is 48.5 Å². The van der Waals surface area contributed by atoms with Crippen molar-refractivity contribution in [1.82, 2.24) is 5.32 Å². The van der Waals surface area contributed by atoms with E-state index in [4.69, 9.17) is 9.47 Å². The van der Waals surface area contributed by atoms with Gasteiger partial charge < -0.3 is 25.4 Å². The predicted octanol–water partition coefficient (Wildman–Crippen LogP) is 2.13. The van der Waals surface area contributed by atoms with Crippen molar-refractivity contribution in [2.75, 3.05) is 24.2 Å². The summed E-state index contributed by atoms with van der Waals surface area (Å²) in [4.78, 5) is 33.3. The summed E-state index contributed by atoms with van der Waals surface area (Å²) in [6, 6.07) is 13.6. The maximum atomic E-state index is 11.7. The number of nitrogens with one attached hydrogen (secondary N) is 3. The summed E-state index contributed by atoms with van der Waals surface area (Å²) in [7, 11) is 1.79. The van der Waals surface area contributed by atoms with Gasteiger partial charge in [-0.25, -0.2) is 4.79 Å². The van der Waals surface area contributed by atoms with E-state index in [1.165, 1.54) is 0 Å². The lowest BCUT2D eigenvalue weighted by Gasteiger charge is -2.08. The van der Waals surface area contributed by atoms with E-state index in [1.807, 2.05) is 0 Å². The third-order valence-corrected chi connectivity index (χ3v) is 3.28. The Hall–Kier alpha value is -3.55. The van der Waals surface area contributed by atoms with Crippen LogP contribution in [-0.4, -0.2) is 32.1 Å². The second kappa shape index (κ2) is 9.67. The minimum Gasteiger partial charge on any atom is -0.429 e. The van der Waals surface area contributed by atoms with E-state index >= 15 is 0 Å². The first-order valence-corrected chi connectivity index (χ1v) is 7.79. The second-order valence-corrected chi connectivity index (χ2v) is 5.16. The fraction of sp³-hybridized carbons (Fsp3) is 0.167. The van der Waals surface area contributed by atoms with E-state index in [-0.39, 0.29) is 19.1 Å². The SMILES string of the molecule is CNc1ccc(OC(=O)OCc2ccc(NC(=O)CNC=O)cc2)cc1.